The molecular formula is C29H29NOS. The molecule has 162 valence electrons. The predicted octanol–water partition coefficient (Wildman–Crippen LogP) is 8.89. The molecule has 0 radical (unpaired) electrons. The van der Waals surface area contributed by atoms with Crippen molar-refractivity contribution < 1.29 is 4.42 Å². The van der Waals surface area contributed by atoms with Gasteiger partial charge in [0.05, 0.1) is 10.4 Å². The number of aromatic nitrogens is 1. The van der Waals surface area contributed by atoms with Crippen molar-refractivity contribution in [2.75, 3.05) is 0 Å². The van der Waals surface area contributed by atoms with E-state index >= 15 is 0 Å². The maximum absolute atomic E-state index is 6.31. The fourth-order valence-electron chi connectivity index (χ4n) is 4.61. The molecule has 2 aromatic carbocycles. The number of rotatable bonds is 3. The van der Waals surface area contributed by atoms with Gasteiger partial charge >= 0.3 is 0 Å². The Kier molecular flexibility index (Phi) is 4.98. The number of thiophene rings is 1. The van der Waals surface area contributed by atoms with Crippen LogP contribution in [-0.4, -0.2) is 4.98 Å². The summed E-state index contributed by atoms with van der Waals surface area (Å²) in [6.45, 7) is 13.2. The summed E-state index contributed by atoms with van der Waals surface area (Å²) in [5, 5.41) is 2.55. The molecule has 3 heterocycles. The number of fused-ring (bicyclic) bond motifs is 3. The molecule has 0 N–H and O–H groups in total. The van der Waals surface area contributed by atoms with Crippen molar-refractivity contribution in [3.05, 3.63) is 77.2 Å². The van der Waals surface area contributed by atoms with Crippen LogP contribution in [-0.2, 0) is 6.42 Å². The first-order valence-electron chi connectivity index (χ1n) is 11.2. The maximum atomic E-state index is 6.31. The van der Waals surface area contributed by atoms with Crippen LogP contribution in [0.4, 0.5) is 0 Å². The quantitative estimate of drug-likeness (QED) is 0.280. The number of aryl methyl sites for hydroxylation is 3. The summed E-state index contributed by atoms with van der Waals surface area (Å²) < 4.78 is 8.82. The van der Waals surface area contributed by atoms with Gasteiger partial charge < -0.3 is 4.42 Å². The second-order valence-electron chi connectivity index (χ2n) is 10.2. The number of hydrogen-bond acceptors (Lipinski definition) is 3. The summed E-state index contributed by atoms with van der Waals surface area (Å²) in [4.78, 5) is 4.78. The summed E-state index contributed by atoms with van der Waals surface area (Å²) >= 11 is 1.82. The molecule has 0 fully saturated rings. The van der Waals surface area contributed by atoms with Gasteiger partial charge in [-0.15, -0.1) is 11.3 Å². The van der Waals surface area contributed by atoms with Crippen molar-refractivity contribution in [1.29, 1.82) is 0 Å². The van der Waals surface area contributed by atoms with E-state index in [-0.39, 0.29) is 5.41 Å². The molecule has 0 saturated heterocycles. The molecule has 0 aliphatic rings. The van der Waals surface area contributed by atoms with E-state index in [1.165, 1.54) is 42.4 Å². The predicted molar refractivity (Wildman–Crippen MR) is 138 cm³/mol. The molecule has 3 heteroatoms. The molecule has 0 aliphatic heterocycles. The monoisotopic (exact) mass is 439 g/mol. The summed E-state index contributed by atoms with van der Waals surface area (Å²) in [5.41, 5.74) is 7.33. The van der Waals surface area contributed by atoms with Crippen LogP contribution >= 0.6 is 11.3 Å². The van der Waals surface area contributed by atoms with E-state index in [1.807, 2.05) is 17.5 Å². The Morgan fingerprint density at radius 1 is 0.844 bits per heavy atom. The van der Waals surface area contributed by atoms with Crippen molar-refractivity contribution in [2.24, 2.45) is 5.41 Å². The Morgan fingerprint density at radius 2 is 1.59 bits per heavy atom. The van der Waals surface area contributed by atoms with Gasteiger partial charge in [-0.2, -0.15) is 0 Å². The molecule has 5 rings (SSSR count). The minimum atomic E-state index is 0.203. The van der Waals surface area contributed by atoms with Crippen molar-refractivity contribution in [3.8, 4) is 22.6 Å². The lowest BCUT2D eigenvalue weighted by molar-refractivity contribution is 0.366. The van der Waals surface area contributed by atoms with Gasteiger partial charge in [-0.25, -0.2) is 0 Å². The average molecular weight is 440 g/mol. The van der Waals surface area contributed by atoms with Crippen LogP contribution in [0, 0.1) is 26.2 Å². The largest absolute Gasteiger partial charge is 0.461 e. The van der Waals surface area contributed by atoms with Crippen LogP contribution in [0.25, 0.3) is 42.8 Å². The van der Waals surface area contributed by atoms with E-state index in [1.54, 1.807) is 0 Å². The second-order valence-corrected chi connectivity index (χ2v) is 11.2. The lowest BCUT2D eigenvalue weighted by atomic mass is 9.91. The SMILES string of the molecule is Cc1cc(C)cc(-c2nccc3c2sc2cc(-c4oc(CC(C)(C)C)cc4C)ccc23)c1. The van der Waals surface area contributed by atoms with Gasteiger partial charge in [-0.05, 0) is 62.1 Å². The highest BCUT2D eigenvalue weighted by atomic mass is 32.1. The normalized spacial score (nSPS) is 12.2. The van der Waals surface area contributed by atoms with E-state index in [2.05, 4.69) is 90.1 Å². The number of nitrogens with zero attached hydrogens (tertiary/aromatic N) is 1. The highest BCUT2D eigenvalue weighted by Crippen LogP contribution is 2.41. The first kappa shape index (κ1) is 21.0. The molecule has 0 aliphatic carbocycles. The molecule has 0 unspecified atom stereocenters. The first-order valence-corrected chi connectivity index (χ1v) is 12.0. The smallest absolute Gasteiger partial charge is 0.137 e. The lowest BCUT2D eigenvalue weighted by Gasteiger charge is -2.15. The molecule has 0 atom stereocenters. The minimum Gasteiger partial charge on any atom is -0.461 e. The molecular weight excluding hydrogens is 410 g/mol. The molecule has 0 spiro atoms. The zero-order chi connectivity index (χ0) is 22.6. The van der Waals surface area contributed by atoms with Crippen molar-refractivity contribution in [3.63, 3.8) is 0 Å². The summed E-state index contributed by atoms with van der Waals surface area (Å²) in [7, 11) is 0. The molecule has 3 aromatic heterocycles. The van der Waals surface area contributed by atoms with Gasteiger partial charge in [-0.3, -0.25) is 4.98 Å². The molecule has 2 nitrogen and oxygen atoms in total. The van der Waals surface area contributed by atoms with E-state index in [4.69, 9.17) is 9.40 Å². The number of benzene rings is 2. The Hall–Kier alpha value is -2.91. The highest BCUT2D eigenvalue weighted by molar-refractivity contribution is 7.26. The van der Waals surface area contributed by atoms with E-state index in [9.17, 15) is 0 Å². The van der Waals surface area contributed by atoms with Crippen molar-refractivity contribution in [1.82, 2.24) is 4.98 Å². The number of pyridine rings is 1. The van der Waals surface area contributed by atoms with Crippen molar-refractivity contribution >= 4 is 31.5 Å². The topological polar surface area (TPSA) is 26.0 Å². The summed E-state index contributed by atoms with van der Waals surface area (Å²) in [5.74, 6) is 2.04. The van der Waals surface area contributed by atoms with Crippen LogP contribution < -0.4 is 0 Å². The van der Waals surface area contributed by atoms with Crippen LogP contribution in [0.2, 0.25) is 0 Å². The third-order valence-corrected chi connectivity index (χ3v) is 6.99. The number of hydrogen-bond donors (Lipinski definition) is 0. The molecule has 0 amide bonds. The highest BCUT2D eigenvalue weighted by Gasteiger charge is 2.18. The Bertz CT molecular complexity index is 1440. The molecule has 5 aromatic rings. The van der Waals surface area contributed by atoms with E-state index < -0.39 is 0 Å². The second kappa shape index (κ2) is 7.60. The van der Waals surface area contributed by atoms with Gasteiger partial charge in [0.15, 0.2) is 0 Å². The van der Waals surface area contributed by atoms with Gasteiger partial charge in [0.2, 0.25) is 0 Å². The zero-order valence-corrected chi connectivity index (χ0v) is 20.5. The minimum absolute atomic E-state index is 0.203. The Balaban J connectivity index is 1.64. The molecule has 0 saturated carbocycles. The first-order chi connectivity index (χ1) is 15.2. The van der Waals surface area contributed by atoms with Crippen LogP contribution in [0.1, 0.15) is 43.2 Å². The third-order valence-electron chi connectivity index (χ3n) is 5.82. The zero-order valence-electron chi connectivity index (χ0n) is 19.7. The van der Waals surface area contributed by atoms with Crippen LogP contribution in [0.5, 0.6) is 0 Å². The average Bonchev–Trinajstić information content (AvgIpc) is 3.24. The van der Waals surface area contributed by atoms with Gasteiger partial charge in [-0.1, -0.05) is 50.1 Å². The maximum Gasteiger partial charge on any atom is 0.137 e. The fraction of sp³-hybridized carbons (Fsp3) is 0.276. The lowest BCUT2D eigenvalue weighted by Crippen LogP contribution is -2.08. The summed E-state index contributed by atoms with van der Waals surface area (Å²) in [6, 6.07) is 17.7. The van der Waals surface area contributed by atoms with Crippen LogP contribution in [0.15, 0.2) is 59.1 Å². The summed E-state index contributed by atoms with van der Waals surface area (Å²) in [6.07, 6.45) is 2.87. The van der Waals surface area contributed by atoms with Crippen molar-refractivity contribution in [2.45, 2.75) is 48.0 Å². The Labute approximate surface area is 193 Å². The van der Waals surface area contributed by atoms with Gasteiger partial charge in [0.1, 0.15) is 11.5 Å². The molecule has 0 bridgehead atoms. The Morgan fingerprint density at radius 3 is 2.31 bits per heavy atom. The van der Waals surface area contributed by atoms with Crippen LogP contribution in [0.3, 0.4) is 0 Å². The van der Waals surface area contributed by atoms with E-state index in [0.717, 1.165) is 29.2 Å². The molecule has 32 heavy (non-hydrogen) atoms. The number of furan rings is 1. The van der Waals surface area contributed by atoms with Gasteiger partial charge in [0.25, 0.3) is 0 Å². The van der Waals surface area contributed by atoms with E-state index in [0.29, 0.717) is 0 Å². The standard InChI is InChI=1S/C29H29NOS/c1-17-11-18(2)13-21(12-17)26-28-24(9-10-30-26)23-8-7-20(15-25(23)32-28)27-19(3)14-22(31-27)16-29(4,5)6/h7-15H,16H2,1-6H3. The third kappa shape index (κ3) is 3.86. The fourth-order valence-corrected chi connectivity index (χ4v) is 5.85. The van der Waals surface area contributed by atoms with Gasteiger partial charge in [0, 0.05) is 39.2 Å².